The fourth-order valence-electron chi connectivity index (χ4n) is 3.76. The molecule has 1 aromatic rings. The molecule has 0 bridgehead atoms. The zero-order valence-electron chi connectivity index (χ0n) is 25.6. The van der Waals surface area contributed by atoms with Gasteiger partial charge < -0.3 is 39.2 Å². The summed E-state index contributed by atoms with van der Waals surface area (Å²) in [6, 6.07) is 0. The van der Waals surface area contributed by atoms with Gasteiger partial charge in [0.1, 0.15) is 13.2 Å². The van der Waals surface area contributed by atoms with Gasteiger partial charge in [0.2, 0.25) is 0 Å². The molecule has 0 radical (unpaired) electrons. The first-order valence-electron chi connectivity index (χ1n) is 13.1. The fourth-order valence-corrected chi connectivity index (χ4v) is 8.65. The largest absolute Gasteiger partial charge is 0.462 e. The first-order valence-corrected chi connectivity index (χ1v) is 16.3. The van der Waals surface area contributed by atoms with Crippen molar-refractivity contribution in [2.45, 2.75) is 46.8 Å². The van der Waals surface area contributed by atoms with Crippen molar-refractivity contribution >= 4 is 121 Å². The molecule has 0 aliphatic carbocycles. The van der Waals surface area contributed by atoms with Gasteiger partial charge in [0.25, 0.3) is 17.7 Å². The monoisotopic (exact) mass is 987 g/mol. The number of halogens is 3. The molecule has 0 fully saturated rings. The summed E-state index contributed by atoms with van der Waals surface area (Å²) in [5.74, 6) is -6.03. The minimum absolute atomic E-state index is 0.0973. The van der Waals surface area contributed by atoms with E-state index in [0.29, 0.717) is 0 Å². The number of hydrogen-bond donors (Lipinski definition) is 1. The molecule has 19 heteroatoms. The Morgan fingerprint density at radius 2 is 1.07 bits per heavy atom. The number of primary amides is 1. The summed E-state index contributed by atoms with van der Waals surface area (Å²) in [4.78, 5) is 100. The van der Waals surface area contributed by atoms with Gasteiger partial charge in [-0.3, -0.25) is 38.4 Å². The molecule has 0 saturated carbocycles. The van der Waals surface area contributed by atoms with Gasteiger partial charge in [-0.15, -0.1) is 0 Å². The summed E-state index contributed by atoms with van der Waals surface area (Å²) >= 11 is 5.37. The van der Waals surface area contributed by atoms with Crippen molar-refractivity contribution in [3.8, 4) is 0 Å². The molecule has 46 heavy (non-hydrogen) atoms. The number of anilines is 1. The van der Waals surface area contributed by atoms with Crippen molar-refractivity contribution in [2.75, 3.05) is 44.9 Å². The van der Waals surface area contributed by atoms with Crippen LogP contribution in [0, 0.1) is 10.7 Å². The Morgan fingerprint density at radius 3 is 1.43 bits per heavy atom. The highest BCUT2D eigenvalue weighted by Crippen LogP contribution is 2.38. The Bertz CT molecular complexity index is 1360. The van der Waals surface area contributed by atoms with Crippen LogP contribution in [-0.4, -0.2) is 105 Å². The zero-order chi connectivity index (χ0) is 35.5. The lowest BCUT2D eigenvalue weighted by Crippen LogP contribution is -2.47. The quantitative estimate of drug-likeness (QED) is 0.150. The number of carbonyl (C=O) groups is 8. The molecule has 1 aromatic carbocycles. The molecule has 0 heterocycles. The van der Waals surface area contributed by atoms with Crippen molar-refractivity contribution in [1.82, 2.24) is 4.90 Å². The van der Waals surface area contributed by atoms with E-state index in [4.69, 9.17) is 29.4 Å². The van der Waals surface area contributed by atoms with Crippen molar-refractivity contribution in [3.63, 3.8) is 0 Å². The van der Waals surface area contributed by atoms with Gasteiger partial charge in [-0.25, -0.2) is 0 Å². The van der Waals surface area contributed by atoms with Gasteiger partial charge in [-0.05, 0) is 67.8 Å². The second kappa shape index (κ2) is 19.1. The van der Waals surface area contributed by atoms with Crippen molar-refractivity contribution in [3.05, 3.63) is 21.8 Å². The molecular formula is C27H32I3N3O13. The summed E-state index contributed by atoms with van der Waals surface area (Å²) in [7, 11) is 1.35. The number of esters is 5. The third kappa shape index (κ3) is 12.8. The molecule has 254 valence electrons. The molecule has 0 aromatic heterocycles. The highest BCUT2D eigenvalue weighted by Gasteiger charge is 2.35. The summed E-state index contributed by atoms with van der Waals surface area (Å²) < 4.78 is 25.9. The lowest BCUT2D eigenvalue weighted by atomic mass is 10.1. The topological polar surface area (TPSA) is 215 Å². The number of rotatable bonds is 15. The number of likely N-dealkylation sites (N-methyl/N-ethyl adjacent to an activating group) is 1. The Balaban J connectivity index is 3.92. The third-order valence-corrected chi connectivity index (χ3v) is 8.79. The average Bonchev–Trinajstić information content (AvgIpc) is 2.91. The molecule has 3 amide bonds. The molecule has 2 atom stereocenters. The first-order chi connectivity index (χ1) is 21.3. The second-order valence-electron chi connectivity index (χ2n) is 9.42. The highest BCUT2D eigenvalue weighted by molar-refractivity contribution is 14.1. The highest BCUT2D eigenvalue weighted by atomic mass is 127. The van der Waals surface area contributed by atoms with E-state index in [1.54, 1.807) is 45.2 Å². The Labute approximate surface area is 305 Å². The van der Waals surface area contributed by atoms with Crippen LogP contribution in [0.1, 0.15) is 55.3 Å². The number of ether oxygens (including phenoxy) is 5. The normalized spacial score (nSPS) is 11.8. The maximum Gasteiger partial charge on any atom is 0.303 e. The Hall–Kier alpha value is -2.83. The maximum atomic E-state index is 14.4. The van der Waals surface area contributed by atoms with Crippen LogP contribution in [-0.2, 0) is 52.5 Å². The number of benzene rings is 1. The van der Waals surface area contributed by atoms with Crippen molar-refractivity contribution in [2.24, 2.45) is 5.73 Å². The smallest absolute Gasteiger partial charge is 0.303 e. The van der Waals surface area contributed by atoms with E-state index in [0.717, 1.165) is 44.4 Å². The van der Waals surface area contributed by atoms with E-state index >= 15 is 0 Å². The minimum Gasteiger partial charge on any atom is -0.462 e. The van der Waals surface area contributed by atoms with E-state index < -0.39 is 92.7 Å². The van der Waals surface area contributed by atoms with Gasteiger partial charge in [-0.1, -0.05) is 0 Å². The summed E-state index contributed by atoms with van der Waals surface area (Å²) in [5, 5.41) is 0. The lowest BCUT2D eigenvalue weighted by Gasteiger charge is -2.32. The molecule has 2 unspecified atom stereocenters. The predicted octanol–water partition coefficient (Wildman–Crippen LogP) is 1.56. The molecule has 0 aliphatic rings. The van der Waals surface area contributed by atoms with Gasteiger partial charge in [0.05, 0.1) is 37.0 Å². The number of nitrogens with two attached hydrogens (primary N) is 1. The Kier molecular flexibility index (Phi) is 17.1. The summed E-state index contributed by atoms with van der Waals surface area (Å²) in [6.45, 7) is 3.21. The molecule has 0 saturated heterocycles. The second-order valence-corrected chi connectivity index (χ2v) is 12.7. The predicted molar refractivity (Wildman–Crippen MR) is 183 cm³/mol. The SMILES string of the molecule is CC(=O)OCC(=O)N(C)c1c(I)c(C(N)=O)c(I)c(C(=O)N(CC(COC(C)=O)OC(C)=O)CC(COC(C)=O)OC(C)=O)c1I. The van der Waals surface area contributed by atoms with E-state index in [2.05, 4.69) is 0 Å². The number of hydrogen-bond acceptors (Lipinski definition) is 13. The standard InChI is InChI=1S/C27H32I3N3O13/c1-12(34)42-9-17(45-15(4)37)7-33(8-18(46-16(5)38)10-43-13(2)35)27(41)21-22(28)20(26(31)40)23(29)25(24(21)30)32(6)19(39)11-44-14(3)36/h17-18H,7-11H2,1-6H3,(H2,31,40). The van der Waals surface area contributed by atoms with Crippen LogP contribution >= 0.6 is 67.8 Å². The third-order valence-electron chi connectivity index (χ3n) is 5.61. The van der Waals surface area contributed by atoms with E-state index in [1.807, 2.05) is 22.6 Å². The lowest BCUT2D eigenvalue weighted by molar-refractivity contribution is -0.159. The van der Waals surface area contributed by atoms with Crippen LogP contribution in [0.5, 0.6) is 0 Å². The zero-order valence-corrected chi connectivity index (χ0v) is 32.1. The van der Waals surface area contributed by atoms with E-state index in [-0.39, 0.29) is 27.5 Å². The minimum atomic E-state index is -1.21. The molecule has 0 spiro atoms. The van der Waals surface area contributed by atoms with Gasteiger partial charge in [0, 0.05) is 45.2 Å². The molecule has 16 nitrogen and oxygen atoms in total. The average molecular weight is 987 g/mol. The van der Waals surface area contributed by atoms with Gasteiger partial charge in [0.15, 0.2) is 18.8 Å². The van der Waals surface area contributed by atoms with Crippen LogP contribution in [0.3, 0.4) is 0 Å². The van der Waals surface area contributed by atoms with Crippen molar-refractivity contribution < 1.29 is 62.0 Å². The maximum absolute atomic E-state index is 14.4. The Morgan fingerprint density at radius 1 is 0.652 bits per heavy atom. The summed E-state index contributed by atoms with van der Waals surface area (Å²) in [5.41, 5.74) is 5.59. The van der Waals surface area contributed by atoms with Crippen LogP contribution in [0.2, 0.25) is 0 Å². The summed E-state index contributed by atoms with van der Waals surface area (Å²) in [6.07, 6.45) is -2.42. The van der Waals surface area contributed by atoms with Gasteiger partial charge in [-0.2, -0.15) is 0 Å². The number of amides is 3. The van der Waals surface area contributed by atoms with Crippen LogP contribution in [0.25, 0.3) is 0 Å². The van der Waals surface area contributed by atoms with Crippen molar-refractivity contribution in [1.29, 1.82) is 0 Å². The van der Waals surface area contributed by atoms with E-state index in [9.17, 15) is 38.4 Å². The molecular weight excluding hydrogens is 955 g/mol. The van der Waals surface area contributed by atoms with Crippen LogP contribution < -0.4 is 10.6 Å². The number of nitrogens with zero attached hydrogens (tertiary/aromatic N) is 2. The number of carbonyl (C=O) groups excluding carboxylic acids is 8. The first kappa shape index (κ1) is 41.2. The molecule has 2 N–H and O–H groups in total. The molecule has 0 aliphatic heterocycles. The van der Waals surface area contributed by atoms with Crippen LogP contribution in [0.15, 0.2) is 0 Å². The molecule has 1 rings (SSSR count). The fraction of sp³-hybridized carbons (Fsp3) is 0.481. The van der Waals surface area contributed by atoms with Gasteiger partial charge >= 0.3 is 29.8 Å². The van der Waals surface area contributed by atoms with Crippen LogP contribution in [0.4, 0.5) is 5.69 Å². The van der Waals surface area contributed by atoms with E-state index in [1.165, 1.54) is 7.05 Å².